The monoisotopic (exact) mass is 377 g/mol. The molecule has 2 N–H and O–H groups in total. The van der Waals surface area contributed by atoms with Gasteiger partial charge in [-0.25, -0.2) is 4.79 Å². The molecule has 1 aliphatic carbocycles. The first kappa shape index (κ1) is 18.5. The number of nitrogens with zero attached hydrogens (tertiary/aromatic N) is 1. The van der Waals surface area contributed by atoms with E-state index < -0.39 is 6.04 Å². The van der Waals surface area contributed by atoms with Crippen LogP contribution in [0.25, 0.3) is 0 Å². The van der Waals surface area contributed by atoms with Gasteiger partial charge in [-0.05, 0) is 36.5 Å². The molecule has 2 aliphatic rings. The molecule has 0 saturated heterocycles. The smallest absolute Gasteiger partial charge is 0.315 e. The number of urea groups is 1. The van der Waals surface area contributed by atoms with Crippen molar-refractivity contribution in [2.75, 3.05) is 11.4 Å². The second-order valence-electron chi connectivity index (χ2n) is 7.67. The van der Waals surface area contributed by atoms with E-state index in [-0.39, 0.29) is 18.0 Å². The highest BCUT2D eigenvalue weighted by Crippen LogP contribution is 2.30. The van der Waals surface area contributed by atoms with Crippen molar-refractivity contribution in [1.29, 1.82) is 0 Å². The van der Waals surface area contributed by atoms with Gasteiger partial charge in [-0.2, -0.15) is 0 Å². The summed E-state index contributed by atoms with van der Waals surface area (Å²) in [7, 11) is 0. The largest absolute Gasteiger partial charge is 0.335 e. The third kappa shape index (κ3) is 4.03. The van der Waals surface area contributed by atoms with Gasteiger partial charge in [-0.1, -0.05) is 67.8 Å². The molecule has 2 aromatic carbocycles. The van der Waals surface area contributed by atoms with Crippen molar-refractivity contribution < 1.29 is 9.59 Å². The van der Waals surface area contributed by atoms with E-state index in [9.17, 15) is 9.59 Å². The SMILES string of the molecule is O=C(NC1CCCCC1)N[C@H](C(=O)N1CCc2ccccc21)c1ccccc1. The molecular formula is C23H27N3O2. The van der Waals surface area contributed by atoms with Gasteiger partial charge in [-0.3, -0.25) is 4.79 Å². The zero-order valence-electron chi connectivity index (χ0n) is 16.1. The number of hydrogen-bond acceptors (Lipinski definition) is 2. The van der Waals surface area contributed by atoms with E-state index in [2.05, 4.69) is 16.7 Å². The normalized spacial score (nSPS) is 17.6. The molecular weight excluding hydrogens is 350 g/mol. The lowest BCUT2D eigenvalue weighted by Crippen LogP contribution is -2.48. The lowest BCUT2D eigenvalue weighted by atomic mass is 9.96. The van der Waals surface area contributed by atoms with Crippen molar-refractivity contribution in [1.82, 2.24) is 10.6 Å². The fraction of sp³-hybridized carbons (Fsp3) is 0.391. The summed E-state index contributed by atoms with van der Waals surface area (Å²) in [4.78, 5) is 27.9. The van der Waals surface area contributed by atoms with Crippen molar-refractivity contribution >= 4 is 17.6 Å². The molecule has 3 amide bonds. The Labute approximate surface area is 166 Å². The highest BCUT2D eigenvalue weighted by atomic mass is 16.2. The van der Waals surface area contributed by atoms with Crippen LogP contribution in [0.3, 0.4) is 0 Å². The van der Waals surface area contributed by atoms with Crippen LogP contribution >= 0.6 is 0 Å². The van der Waals surface area contributed by atoms with Crippen molar-refractivity contribution in [2.24, 2.45) is 0 Å². The van der Waals surface area contributed by atoms with Crippen molar-refractivity contribution in [3.63, 3.8) is 0 Å². The number of amides is 3. The minimum atomic E-state index is -0.698. The quantitative estimate of drug-likeness (QED) is 0.847. The van der Waals surface area contributed by atoms with Crippen LogP contribution in [0.2, 0.25) is 0 Å². The summed E-state index contributed by atoms with van der Waals surface area (Å²) in [5.41, 5.74) is 2.92. The van der Waals surface area contributed by atoms with E-state index in [1.807, 2.05) is 48.5 Å². The van der Waals surface area contributed by atoms with E-state index in [1.165, 1.54) is 12.0 Å². The van der Waals surface area contributed by atoms with Crippen LogP contribution < -0.4 is 15.5 Å². The Kier molecular flexibility index (Phi) is 5.60. The molecule has 1 heterocycles. The first-order valence-electron chi connectivity index (χ1n) is 10.2. The maximum atomic E-state index is 13.4. The minimum absolute atomic E-state index is 0.0880. The molecule has 1 saturated carbocycles. The Morgan fingerprint density at radius 3 is 2.43 bits per heavy atom. The average Bonchev–Trinajstić information content (AvgIpc) is 3.17. The summed E-state index contributed by atoms with van der Waals surface area (Å²) < 4.78 is 0. The summed E-state index contributed by atoms with van der Waals surface area (Å²) in [6.07, 6.45) is 6.40. The lowest BCUT2D eigenvalue weighted by Gasteiger charge is -2.27. The molecule has 0 bridgehead atoms. The molecule has 0 aromatic heterocycles. The molecule has 146 valence electrons. The highest BCUT2D eigenvalue weighted by Gasteiger charge is 2.32. The van der Waals surface area contributed by atoms with Gasteiger partial charge in [0.1, 0.15) is 6.04 Å². The number of para-hydroxylation sites is 1. The summed E-state index contributed by atoms with van der Waals surface area (Å²) in [5, 5.41) is 6.01. The van der Waals surface area contributed by atoms with E-state index in [4.69, 9.17) is 0 Å². The molecule has 0 radical (unpaired) electrons. The highest BCUT2D eigenvalue weighted by molar-refractivity contribution is 6.01. The van der Waals surface area contributed by atoms with Gasteiger partial charge in [0.05, 0.1) is 0 Å². The predicted octanol–water partition coefficient (Wildman–Crippen LogP) is 3.95. The molecule has 1 atom stereocenters. The average molecular weight is 377 g/mol. The molecule has 1 fully saturated rings. The zero-order chi connectivity index (χ0) is 19.3. The Morgan fingerprint density at radius 1 is 0.929 bits per heavy atom. The molecule has 5 nitrogen and oxygen atoms in total. The number of carbonyl (C=O) groups excluding carboxylic acids is 2. The molecule has 5 heteroatoms. The molecule has 28 heavy (non-hydrogen) atoms. The fourth-order valence-corrected chi connectivity index (χ4v) is 4.26. The topological polar surface area (TPSA) is 61.4 Å². The van der Waals surface area contributed by atoms with Crippen LogP contribution in [-0.4, -0.2) is 24.5 Å². The van der Waals surface area contributed by atoms with Crippen molar-refractivity contribution in [2.45, 2.75) is 50.6 Å². The summed E-state index contributed by atoms with van der Waals surface area (Å²) >= 11 is 0. The second kappa shape index (κ2) is 8.46. The van der Waals surface area contributed by atoms with E-state index >= 15 is 0 Å². The van der Waals surface area contributed by atoms with E-state index in [0.29, 0.717) is 6.54 Å². The lowest BCUT2D eigenvalue weighted by molar-refractivity contribution is -0.120. The number of anilines is 1. The summed E-state index contributed by atoms with van der Waals surface area (Å²) in [5.74, 6) is -0.0880. The first-order valence-corrected chi connectivity index (χ1v) is 10.2. The predicted molar refractivity (Wildman–Crippen MR) is 110 cm³/mol. The molecule has 4 rings (SSSR count). The number of rotatable bonds is 4. The van der Waals surface area contributed by atoms with E-state index in [1.54, 1.807) is 4.90 Å². The van der Waals surface area contributed by atoms with Gasteiger partial charge in [0.2, 0.25) is 0 Å². The third-order valence-corrected chi connectivity index (χ3v) is 5.75. The van der Waals surface area contributed by atoms with Crippen LogP contribution in [0.15, 0.2) is 54.6 Å². The Morgan fingerprint density at radius 2 is 1.64 bits per heavy atom. The maximum absolute atomic E-state index is 13.4. The van der Waals surface area contributed by atoms with E-state index in [0.717, 1.165) is 43.4 Å². The Hall–Kier alpha value is -2.82. The number of benzene rings is 2. The van der Waals surface area contributed by atoms with Gasteiger partial charge < -0.3 is 15.5 Å². The molecule has 2 aromatic rings. The summed E-state index contributed by atoms with van der Waals surface area (Å²) in [6.45, 7) is 0.646. The van der Waals surface area contributed by atoms with Gasteiger partial charge in [0, 0.05) is 18.3 Å². The van der Waals surface area contributed by atoms with Crippen LogP contribution in [0, 0.1) is 0 Å². The van der Waals surface area contributed by atoms with Crippen LogP contribution in [0.5, 0.6) is 0 Å². The van der Waals surface area contributed by atoms with Crippen molar-refractivity contribution in [3.8, 4) is 0 Å². The minimum Gasteiger partial charge on any atom is -0.335 e. The van der Waals surface area contributed by atoms with Crippen LogP contribution in [-0.2, 0) is 11.2 Å². The zero-order valence-corrected chi connectivity index (χ0v) is 16.1. The van der Waals surface area contributed by atoms with Crippen molar-refractivity contribution in [3.05, 3.63) is 65.7 Å². The van der Waals surface area contributed by atoms with Crippen LogP contribution in [0.4, 0.5) is 10.5 Å². The maximum Gasteiger partial charge on any atom is 0.315 e. The molecule has 1 aliphatic heterocycles. The third-order valence-electron chi connectivity index (χ3n) is 5.75. The fourth-order valence-electron chi connectivity index (χ4n) is 4.26. The molecule has 0 spiro atoms. The summed E-state index contributed by atoms with van der Waals surface area (Å²) in [6, 6.07) is 16.7. The number of hydrogen-bond donors (Lipinski definition) is 2. The first-order chi connectivity index (χ1) is 13.7. The van der Waals surface area contributed by atoms with Crippen LogP contribution in [0.1, 0.15) is 49.3 Å². The number of fused-ring (bicyclic) bond motifs is 1. The Balaban J connectivity index is 1.52. The van der Waals surface area contributed by atoms with Gasteiger partial charge in [0.15, 0.2) is 0 Å². The number of nitrogens with one attached hydrogen (secondary N) is 2. The van der Waals surface area contributed by atoms with Gasteiger partial charge in [-0.15, -0.1) is 0 Å². The number of carbonyl (C=O) groups is 2. The Bertz CT molecular complexity index is 831. The molecule has 0 unspecified atom stereocenters. The van der Waals surface area contributed by atoms with Gasteiger partial charge >= 0.3 is 6.03 Å². The second-order valence-corrected chi connectivity index (χ2v) is 7.67. The standard InChI is InChI=1S/C23H27N3O2/c27-22(26-16-15-17-9-7-8-14-20(17)26)21(18-10-3-1-4-11-18)25-23(28)24-19-12-5-2-6-13-19/h1,3-4,7-11,14,19,21H,2,5-6,12-13,15-16H2,(H2,24,25,28)/t21-/m0/s1. The van der Waals surface area contributed by atoms with Gasteiger partial charge in [0.25, 0.3) is 5.91 Å².